The van der Waals surface area contributed by atoms with E-state index >= 15 is 0 Å². The third kappa shape index (κ3) is 2.58. The number of benzene rings is 1. The van der Waals surface area contributed by atoms with Crippen LogP contribution in [0.2, 0.25) is 0 Å². The number of likely N-dealkylation sites (N-methyl/N-ethyl adjacent to an activating group) is 1. The Labute approximate surface area is 91.3 Å². The molecule has 0 saturated heterocycles. The van der Waals surface area contributed by atoms with Crippen LogP contribution in [-0.4, -0.2) is 18.3 Å². The Balaban J connectivity index is 2.06. The van der Waals surface area contributed by atoms with Gasteiger partial charge in [0.05, 0.1) is 12.6 Å². The van der Waals surface area contributed by atoms with Crippen LogP contribution >= 0.6 is 0 Å². The summed E-state index contributed by atoms with van der Waals surface area (Å²) in [4.78, 5) is 0. The van der Waals surface area contributed by atoms with E-state index in [0.717, 1.165) is 12.5 Å². The Morgan fingerprint density at radius 3 is 2.47 bits per heavy atom. The van der Waals surface area contributed by atoms with Gasteiger partial charge in [0, 0.05) is 0 Å². The van der Waals surface area contributed by atoms with Crippen LogP contribution in [0.3, 0.4) is 0 Å². The summed E-state index contributed by atoms with van der Waals surface area (Å²) in [5.41, 5.74) is 2.63. The molecule has 0 radical (unpaired) electrons. The van der Waals surface area contributed by atoms with Gasteiger partial charge in [-0.2, -0.15) is 0 Å². The van der Waals surface area contributed by atoms with Crippen LogP contribution in [-0.2, 0) is 0 Å². The van der Waals surface area contributed by atoms with Gasteiger partial charge in [0.2, 0.25) is 0 Å². The van der Waals surface area contributed by atoms with Gasteiger partial charge in [0.15, 0.2) is 0 Å². The van der Waals surface area contributed by atoms with Gasteiger partial charge >= 0.3 is 0 Å². The number of hydrogen-bond acceptors (Lipinski definition) is 2. The van der Waals surface area contributed by atoms with E-state index in [1.54, 1.807) is 0 Å². The molecular formula is C13H19NO. The molecule has 1 saturated carbocycles. The van der Waals surface area contributed by atoms with Gasteiger partial charge in [-0.1, -0.05) is 31.2 Å². The van der Waals surface area contributed by atoms with Crippen LogP contribution in [0.5, 0.6) is 0 Å². The van der Waals surface area contributed by atoms with Crippen LogP contribution < -0.4 is 5.32 Å². The lowest BCUT2D eigenvalue weighted by Crippen LogP contribution is -2.23. The number of rotatable bonds is 5. The third-order valence-corrected chi connectivity index (χ3v) is 3.02. The molecular weight excluding hydrogens is 186 g/mol. The Morgan fingerprint density at radius 1 is 1.33 bits per heavy atom. The second-order valence-corrected chi connectivity index (χ2v) is 4.23. The molecule has 1 aromatic carbocycles. The van der Waals surface area contributed by atoms with Crippen molar-refractivity contribution in [1.82, 2.24) is 5.32 Å². The molecule has 2 nitrogen and oxygen atoms in total. The maximum atomic E-state index is 9.24. The molecule has 2 rings (SSSR count). The smallest absolute Gasteiger partial charge is 0.0626 e. The van der Waals surface area contributed by atoms with E-state index in [-0.39, 0.29) is 12.6 Å². The predicted molar refractivity (Wildman–Crippen MR) is 61.9 cm³/mol. The summed E-state index contributed by atoms with van der Waals surface area (Å²) >= 11 is 0. The highest BCUT2D eigenvalue weighted by atomic mass is 16.3. The van der Waals surface area contributed by atoms with Gasteiger partial charge in [-0.05, 0) is 36.4 Å². The fourth-order valence-corrected chi connectivity index (χ4v) is 1.95. The van der Waals surface area contributed by atoms with E-state index in [1.165, 1.54) is 24.0 Å². The van der Waals surface area contributed by atoms with Crippen LogP contribution in [0.25, 0.3) is 0 Å². The average Bonchev–Trinajstić information content (AvgIpc) is 3.10. The zero-order valence-electron chi connectivity index (χ0n) is 9.24. The van der Waals surface area contributed by atoms with Gasteiger partial charge in [-0.3, -0.25) is 0 Å². The van der Waals surface area contributed by atoms with Crippen molar-refractivity contribution in [3.63, 3.8) is 0 Å². The van der Waals surface area contributed by atoms with Crippen LogP contribution in [0, 0.1) is 0 Å². The van der Waals surface area contributed by atoms with Crippen molar-refractivity contribution in [3.8, 4) is 0 Å². The molecule has 0 aliphatic heterocycles. The summed E-state index contributed by atoms with van der Waals surface area (Å²) in [5.74, 6) is 0.811. The number of aliphatic hydroxyl groups is 1. The van der Waals surface area contributed by atoms with E-state index < -0.39 is 0 Å². The summed E-state index contributed by atoms with van der Waals surface area (Å²) in [7, 11) is 0. The second kappa shape index (κ2) is 4.77. The fraction of sp³-hybridized carbons (Fsp3) is 0.538. The van der Waals surface area contributed by atoms with E-state index in [1.807, 2.05) is 0 Å². The molecule has 1 fully saturated rings. The van der Waals surface area contributed by atoms with Gasteiger partial charge in [-0.25, -0.2) is 0 Å². The molecule has 1 unspecified atom stereocenters. The zero-order valence-corrected chi connectivity index (χ0v) is 9.24. The first-order valence-electron chi connectivity index (χ1n) is 5.79. The minimum absolute atomic E-state index is 0.0863. The van der Waals surface area contributed by atoms with Crippen LogP contribution in [0.1, 0.15) is 42.9 Å². The second-order valence-electron chi connectivity index (χ2n) is 4.23. The topological polar surface area (TPSA) is 32.3 Å². The van der Waals surface area contributed by atoms with Gasteiger partial charge < -0.3 is 10.4 Å². The predicted octanol–water partition coefficient (Wildman–Crippen LogP) is 2.21. The largest absolute Gasteiger partial charge is 0.394 e. The third-order valence-electron chi connectivity index (χ3n) is 3.02. The highest BCUT2D eigenvalue weighted by molar-refractivity contribution is 5.29. The molecule has 2 heteroatoms. The first-order valence-corrected chi connectivity index (χ1v) is 5.79. The van der Waals surface area contributed by atoms with E-state index in [4.69, 9.17) is 0 Å². The average molecular weight is 205 g/mol. The number of hydrogen-bond donors (Lipinski definition) is 2. The monoisotopic (exact) mass is 205 g/mol. The Hall–Kier alpha value is -0.860. The van der Waals surface area contributed by atoms with E-state index in [0.29, 0.717) is 0 Å². The molecule has 0 spiro atoms. The quantitative estimate of drug-likeness (QED) is 0.772. The van der Waals surface area contributed by atoms with Crippen LogP contribution in [0.15, 0.2) is 24.3 Å². The minimum Gasteiger partial charge on any atom is -0.394 e. The molecule has 1 atom stereocenters. The van der Waals surface area contributed by atoms with E-state index in [9.17, 15) is 5.11 Å². The molecule has 0 aromatic heterocycles. The van der Waals surface area contributed by atoms with Gasteiger partial charge in [0.25, 0.3) is 0 Å². The number of aliphatic hydroxyl groups excluding tert-OH is 1. The molecule has 82 valence electrons. The van der Waals surface area contributed by atoms with Gasteiger partial charge in [-0.15, -0.1) is 0 Å². The summed E-state index contributed by atoms with van der Waals surface area (Å²) < 4.78 is 0. The summed E-state index contributed by atoms with van der Waals surface area (Å²) in [5, 5.41) is 12.5. The van der Waals surface area contributed by atoms with Crippen molar-refractivity contribution in [2.24, 2.45) is 0 Å². The molecule has 0 bridgehead atoms. The van der Waals surface area contributed by atoms with Crippen molar-refractivity contribution >= 4 is 0 Å². The van der Waals surface area contributed by atoms with Crippen molar-refractivity contribution in [2.75, 3.05) is 13.2 Å². The van der Waals surface area contributed by atoms with Gasteiger partial charge in [0.1, 0.15) is 0 Å². The first-order chi connectivity index (χ1) is 7.35. The van der Waals surface area contributed by atoms with Crippen molar-refractivity contribution < 1.29 is 5.11 Å². The van der Waals surface area contributed by atoms with Crippen LogP contribution in [0.4, 0.5) is 0 Å². The SMILES string of the molecule is CCNC(CO)c1ccc(C2CC2)cc1. The summed E-state index contributed by atoms with van der Waals surface area (Å²) in [6.45, 7) is 3.10. The number of nitrogens with one attached hydrogen (secondary N) is 1. The molecule has 15 heavy (non-hydrogen) atoms. The molecule has 1 aliphatic rings. The molecule has 1 aromatic rings. The first kappa shape index (κ1) is 10.7. The fourth-order valence-electron chi connectivity index (χ4n) is 1.95. The summed E-state index contributed by atoms with van der Waals surface area (Å²) in [6, 6.07) is 8.76. The normalized spacial score (nSPS) is 17.7. The minimum atomic E-state index is 0.0863. The lowest BCUT2D eigenvalue weighted by molar-refractivity contribution is 0.246. The standard InChI is InChI=1S/C13H19NO/c1-2-14-13(9-15)12-7-5-11(6-8-12)10-3-4-10/h5-8,10,13-15H,2-4,9H2,1H3. The summed E-state index contributed by atoms with van der Waals surface area (Å²) in [6.07, 6.45) is 2.69. The molecule has 0 amide bonds. The maximum absolute atomic E-state index is 9.24. The Kier molecular flexibility index (Phi) is 3.39. The Bertz CT molecular complexity index is 303. The lowest BCUT2D eigenvalue weighted by atomic mass is 10.0. The maximum Gasteiger partial charge on any atom is 0.0626 e. The zero-order chi connectivity index (χ0) is 10.7. The van der Waals surface area contributed by atoms with Crippen molar-refractivity contribution in [2.45, 2.75) is 31.7 Å². The highest BCUT2D eigenvalue weighted by Gasteiger charge is 2.23. The molecule has 2 N–H and O–H groups in total. The Morgan fingerprint density at radius 2 is 2.00 bits per heavy atom. The van der Waals surface area contributed by atoms with Crippen molar-refractivity contribution in [3.05, 3.63) is 35.4 Å². The highest BCUT2D eigenvalue weighted by Crippen LogP contribution is 2.40. The van der Waals surface area contributed by atoms with E-state index in [2.05, 4.69) is 36.5 Å². The lowest BCUT2D eigenvalue weighted by Gasteiger charge is -2.15. The molecule has 1 aliphatic carbocycles. The molecule has 0 heterocycles. The van der Waals surface area contributed by atoms with Crippen molar-refractivity contribution in [1.29, 1.82) is 0 Å².